The molecule has 0 spiro atoms. The van der Waals surface area contributed by atoms with E-state index in [1.165, 1.54) is 11.3 Å². The summed E-state index contributed by atoms with van der Waals surface area (Å²) in [7, 11) is 1.64. The molecule has 0 amide bonds. The molecule has 0 fully saturated rings. The first-order chi connectivity index (χ1) is 9.10. The number of benzene rings is 1. The van der Waals surface area contributed by atoms with Crippen molar-refractivity contribution < 1.29 is 14.6 Å². The first-order valence-corrected chi connectivity index (χ1v) is 6.47. The van der Waals surface area contributed by atoms with Crippen LogP contribution in [0.1, 0.15) is 20.9 Å². The third kappa shape index (κ3) is 3.30. The van der Waals surface area contributed by atoms with Crippen LogP contribution in [0.3, 0.4) is 0 Å². The van der Waals surface area contributed by atoms with Gasteiger partial charge in [-0.25, -0.2) is 9.78 Å². The van der Waals surface area contributed by atoms with Crippen LogP contribution in [0.25, 0.3) is 0 Å². The molecule has 0 saturated heterocycles. The first-order valence-electron chi connectivity index (χ1n) is 5.66. The van der Waals surface area contributed by atoms with Crippen LogP contribution in [0.4, 0.5) is 10.8 Å². The predicted molar refractivity (Wildman–Crippen MR) is 74.2 cm³/mol. The van der Waals surface area contributed by atoms with Gasteiger partial charge in [0.2, 0.25) is 0 Å². The Morgan fingerprint density at radius 1 is 1.53 bits per heavy atom. The lowest BCUT2D eigenvalue weighted by Gasteiger charge is -2.05. The fourth-order valence-corrected chi connectivity index (χ4v) is 2.50. The Kier molecular flexibility index (Phi) is 4.13. The van der Waals surface area contributed by atoms with Crippen LogP contribution >= 0.6 is 11.3 Å². The molecule has 0 radical (unpaired) electrons. The third-order valence-electron chi connectivity index (χ3n) is 2.49. The monoisotopic (exact) mass is 278 g/mol. The standard InChI is InChI=1S/C13H14N2O3S/c1-8-11(12(16)17)15-13(19-8)14-10-5-3-4-9(6-10)7-18-2/h3-6H,7H2,1-2H3,(H,14,15)(H,16,17). The van der Waals surface area contributed by atoms with Crippen LogP contribution in [0.2, 0.25) is 0 Å². The van der Waals surface area contributed by atoms with E-state index in [1.54, 1.807) is 14.0 Å². The number of ether oxygens (including phenoxy) is 1. The maximum absolute atomic E-state index is 10.9. The summed E-state index contributed by atoms with van der Waals surface area (Å²) in [6, 6.07) is 7.72. The molecule has 0 saturated carbocycles. The predicted octanol–water partition coefficient (Wildman–Crippen LogP) is 3.04. The quantitative estimate of drug-likeness (QED) is 0.879. The molecule has 5 nitrogen and oxygen atoms in total. The average molecular weight is 278 g/mol. The molecule has 0 aliphatic rings. The zero-order valence-corrected chi connectivity index (χ0v) is 11.5. The molecule has 0 unspecified atom stereocenters. The minimum Gasteiger partial charge on any atom is -0.476 e. The molecular weight excluding hydrogens is 264 g/mol. The number of hydrogen-bond acceptors (Lipinski definition) is 5. The number of carboxylic acids is 1. The van der Waals surface area contributed by atoms with Gasteiger partial charge >= 0.3 is 5.97 Å². The molecule has 2 rings (SSSR count). The zero-order chi connectivity index (χ0) is 13.8. The van der Waals surface area contributed by atoms with E-state index in [4.69, 9.17) is 9.84 Å². The summed E-state index contributed by atoms with van der Waals surface area (Å²) in [4.78, 5) is 15.7. The average Bonchev–Trinajstić information content (AvgIpc) is 2.71. The molecule has 6 heteroatoms. The van der Waals surface area contributed by atoms with Crippen LogP contribution in [0.5, 0.6) is 0 Å². The van der Waals surface area contributed by atoms with Gasteiger partial charge in [0.1, 0.15) is 0 Å². The van der Waals surface area contributed by atoms with Gasteiger partial charge in [0, 0.05) is 17.7 Å². The van der Waals surface area contributed by atoms with Gasteiger partial charge in [-0.1, -0.05) is 12.1 Å². The number of rotatable bonds is 5. The largest absolute Gasteiger partial charge is 0.476 e. The Morgan fingerprint density at radius 3 is 2.95 bits per heavy atom. The first kappa shape index (κ1) is 13.5. The summed E-state index contributed by atoms with van der Waals surface area (Å²) in [6.07, 6.45) is 0. The van der Waals surface area contributed by atoms with Crippen molar-refractivity contribution in [1.29, 1.82) is 0 Å². The van der Waals surface area contributed by atoms with Crippen LogP contribution in [-0.4, -0.2) is 23.2 Å². The number of nitrogens with one attached hydrogen (secondary N) is 1. The summed E-state index contributed by atoms with van der Waals surface area (Å²) < 4.78 is 5.07. The fraction of sp³-hybridized carbons (Fsp3) is 0.231. The van der Waals surface area contributed by atoms with Gasteiger partial charge in [-0.05, 0) is 24.6 Å². The van der Waals surface area contributed by atoms with Gasteiger partial charge in [0.25, 0.3) is 0 Å². The van der Waals surface area contributed by atoms with Gasteiger partial charge in [0.05, 0.1) is 6.61 Å². The van der Waals surface area contributed by atoms with E-state index < -0.39 is 5.97 Å². The van der Waals surface area contributed by atoms with E-state index in [-0.39, 0.29) is 5.69 Å². The Hall–Kier alpha value is -1.92. The number of anilines is 2. The van der Waals surface area contributed by atoms with Gasteiger partial charge < -0.3 is 15.2 Å². The van der Waals surface area contributed by atoms with E-state index in [0.717, 1.165) is 11.3 Å². The summed E-state index contributed by atoms with van der Waals surface area (Å²) in [6.45, 7) is 2.28. The lowest BCUT2D eigenvalue weighted by Crippen LogP contribution is -1.99. The topological polar surface area (TPSA) is 71.5 Å². The van der Waals surface area contributed by atoms with Gasteiger partial charge in [-0.15, -0.1) is 11.3 Å². The Balaban J connectivity index is 2.19. The van der Waals surface area contributed by atoms with E-state index in [0.29, 0.717) is 16.6 Å². The molecule has 100 valence electrons. The highest BCUT2D eigenvalue weighted by atomic mass is 32.1. The molecule has 1 aromatic heterocycles. The smallest absolute Gasteiger partial charge is 0.355 e. The van der Waals surface area contributed by atoms with Crippen molar-refractivity contribution in [3.8, 4) is 0 Å². The van der Waals surface area contributed by atoms with E-state index in [1.807, 2.05) is 24.3 Å². The number of nitrogens with zero attached hydrogens (tertiary/aromatic N) is 1. The second-order valence-electron chi connectivity index (χ2n) is 3.99. The van der Waals surface area contributed by atoms with Crippen molar-refractivity contribution >= 4 is 28.1 Å². The molecule has 2 N–H and O–H groups in total. The number of aryl methyl sites for hydroxylation is 1. The lowest BCUT2D eigenvalue weighted by molar-refractivity contribution is 0.0690. The van der Waals surface area contributed by atoms with E-state index >= 15 is 0 Å². The normalized spacial score (nSPS) is 10.4. The molecule has 19 heavy (non-hydrogen) atoms. The van der Waals surface area contributed by atoms with Crippen LogP contribution in [0, 0.1) is 6.92 Å². The van der Waals surface area contributed by atoms with E-state index in [9.17, 15) is 4.79 Å². The summed E-state index contributed by atoms with van der Waals surface area (Å²) in [5.74, 6) is -1.00. The van der Waals surface area contributed by atoms with Crippen molar-refractivity contribution in [2.24, 2.45) is 0 Å². The molecule has 0 aliphatic heterocycles. The van der Waals surface area contributed by atoms with Crippen molar-refractivity contribution in [3.63, 3.8) is 0 Å². The van der Waals surface area contributed by atoms with Crippen molar-refractivity contribution in [1.82, 2.24) is 4.98 Å². The highest BCUT2D eigenvalue weighted by Gasteiger charge is 2.13. The molecule has 2 aromatic rings. The summed E-state index contributed by atoms with van der Waals surface area (Å²) >= 11 is 1.32. The Bertz CT molecular complexity index is 595. The second kappa shape index (κ2) is 5.81. The number of methoxy groups -OCH3 is 1. The molecule has 0 atom stereocenters. The highest BCUT2D eigenvalue weighted by molar-refractivity contribution is 7.15. The van der Waals surface area contributed by atoms with Crippen molar-refractivity contribution in [2.45, 2.75) is 13.5 Å². The number of carboxylic acid groups (broad SMARTS) is 1. The number of aromatic nitrogens is 1. The molecular formula is C13H14N2O3S. The summed E-state index contributed by atoms with van der Waals surface area (Å²) in [5, 5.41) is 12.6. The molecule has 0 aliphatic carbocycles. The molecule has 1 aromatic carbocycles. The fourth-order valence-electron chi connectivity index (χ4n) is 1.68. The van der Waals surface area contributed by atoms with E-state index in [2.05, 4.69) is 10.3 Å². The summed E-state index contributed by atoms with van der Waals surface area (Å²) in [5.41, 5.74) is 2.00. The number of aromatic carboxylic acids is 1. The SMILES string of the molecule is COCc1cccc(Nc2nc(C(=O)O)c(C)s2)c1. The number of thiazole rings is 1. The van der Waals surface area contributed by atoms with Crippen molar-refractivity contribution in [3.05, 3.63) is 40.4 Å². The highest BCUT2D eigenvalue weighted by Crippen LogP contribution is 2.25. The van der Waals surface area contributed by atoms with Gasteiger partial charge in [-0.2, -0.15) is 0 Å². The van der Waals surface area contributed by atoms with Crippen LogP contribution in [0.15, 0.2) is 24.3 Å². The van der Waals surface area contributed by atoms with Crippen LogP contribution in [-0.2, 0) is 11.3 Å². The third-order valence-corrected chi connectivity index (χ3v) is 3.37. The Morgan fingerprint density at radius 2 is 2.32 bits per heavy atom. The lowest BCUT2D eigenvalue weighted by atomic mass is 10.2. The minimum absolute atomic E-state index is 0.0977. The van der Waals surface area contributed by atoms with Crippen molar-refractivity contribution in [2.75, 3.05) is 12.4 Å². The van der Waals surface area contributed by atoms with Gasteiger partial charge in [0.15, 0.2) is 10.8 Å². The molecule has 1 heterocycles. The maximum atomic E-state index is 10.9. The second-order valence-corrected chi connectivity index (χ2v) is 5.19. The van der Waals surface area contributed by atoms with Gasteiger partial charge in [-0.3, -0.25) is 0 Å². The molecule has 0 bridgehead atoms. The zero-order valence-electron chi connectivity index (χ0n) is 10.6. The maximum Gasteiger partial charge on any atom is 0.355 e. The Labute approximate surface area is 114 Å². The minimum atomic E-state index is -1.00. The van der Waals surface area contributed by atoms with Crippen LogP contribution < -0.4 is 5.32 Å². The number of carbonyl (C=O) groups is 1. The number of hydrogen-bond donors (Lipinski definition) is 2.